The first kappa shape index (κ1) is 13.9. The Morgan fingerprint density at radius 3 is 2.95 bits per heavy atom. The summed E-state index contributed by atoms with van der Waals surface area (Å²) in [5.74, 6) is 0. The van der Waals surface area contributed by atoms with Gasteiger partial charge in [-0.1, -0.05) is 12.1 Å². The van der Waals surface area contributed by atoms with E-state index in [1.54, 1.807) is 17.4 Å². The number of nitrogens with one attached hydrogen (secondary N) is 1. The van der Waals surface area contributed by atoms with Crippen LogP contribution < -0.4 is 11.1 Å². The molecule has 4 nitrogen and oxygen atoms in total. The van der Waals surface area contributed by atoms with E-state index in [-0.39, 0.29) is 12.6 Å². The summed E-state index contributed by atoms with van der Waals surface area (Å²) in [4.78, 5) is 14.7. The molecule has 2 aromatic rings. The van der Waals surface area contributed by atoms with E-state index >= 15 is 0 Å². The number of carbonyl (C=O) groups excluding carboxylic acids is 1. The van der Waals surface area contributed by atoms with Gasteiger partial charge < -0.3 is 16.0 Å². The van der Waals surface area contributed by atoms with E-state index in [4.69, 9.17) is 5.73 Å². The minimum atomic E-state index is -0.925. The zero-order valence-corrected chi connectivity index (χ0v) is 12.2. The minimum Gasteiger partial charge on any atom is -0.397 e. The SMILES string of the molecule is Nc1ccc(-c2cccs2)cc1NC(=O)N1CCC(F)C1. The van der Waals surface area contributed by atoms with Crippen molar-refractivity contribution in [2.75, 3.05) is 24.1 Å². The Bertz CT molecular complexity index is 644. The molecule has 2 heterocycles. The van der Waals surface area contributed by atoms with Crippen LogP contribution in [0.25, 0.3) is 10.4 Å². The number of nitrogens with two attached hydrogens (primary N) is 1. The third-order valence-corrected chi connectivity index (χ3v) is 4.44. The number of amides is 2. The number of thiophene rings is 1. The second-order valence-electron chi connectivity index (χ2n) is 5.04. The monoisotopic (exact) mass is 305 g/mol. The van der Waals surface area contributed by atoms with Gasteiger partial charge in [0.2, 0.25) is 0 Å². The van der Waals surface area contributed by atoms with Gasteiger partial charge in [0.05, 0.1) is 17.9 Å². The summed E-state index contributed by atoms with van der Waals surface area (Å²) >= 11 is 1.62. The van der Waals surface area contributed by atoms with Crippen LogP contribution in [0, 0.1) is 0 Å². The number of nitrogen functional groups attached to an aromatic ring is 1. The lowest BCUT2D eigenvalue weighted by atomic mass is 10.1. The van der Waals surface area contributed by atoms with Crippen molar-refractivity contribution in [3.8, 4) is 10.4 Å². The maximum Gasteiger partial charge on any atom is 0.322 e. The lowest BCUT2D eigenvalue weighted by Crippen LogP contribution is -2.33. The molecular weight excluding hydrogens is 289 g/mol. The van der Waals surface area contributed by atoms with E-state index in [1.807, 2.05) is 29.6 Å². The number of rotatable bonds is 2. The van der Waals surface area contributed by atoms with Crippen LogP contribution in [0.2, 0.25) is 0 Å². The average Bonchev–Trinajstić information content (AvgIpc) is 3.12. The van der Waals surface area contributed by atoms with Crippen LogP contribution in [0.3, 0.4) is 0 Å². The largest absolute Gasteiger partial charge is 0.397 e. The molecule has 0 spiro atoms. The molecule has 1 unspecified atom stereocenters. The molecule has 1 saturated heterocycles. The van der Waals surface area contributed by atoms with Gasteiger partial charge in [0.1, 0.15) is 6.17 Å². The standard InChI is InChI=1S/C15H16FN3OS/c16-11-5-6-19(9-11)15(20)18-13-8-10(3-4-12(13)17)14-2-1-7-21-14/h1-4,7-8,11H,5-6,9,17H2,(H,18,20). The van der Waals surface area contributed by atoms with Crippen LogP contribution in [0.1, 0.15) is 6.42 Å². The van der Waals surface area contributed by atoms with Crippen molar-refractivity contribution in [1.82, 2.24) is 4.90 Å². The Morgan fingerprint density at radius 1 is 1.43 bits per heavy atom. The molecular formula is C15H16FN3OS. The van der Waals surface area contributed by atoms with Crippen LogP contribution >= 0.6 is 11.3 Å². The molecule has 0 saturated carbocycles. The van der Waals surface area contributed by atoms with Crippen LogP contribution in [0.5, 0.6) is 0 Å². The first-order chi connectivity index (χ1) is 10.1. The average molecular weight is 305 g/mol. The number of benzene rings is 1. The Hall–Kier alpha value is -2.08. The molecule has 21 heavy (non-hydrogen) atoms. The number of hydrogen-bond acceptors (Lipinski definition) is 3. The Kier molecular flexibility index (Phi) is 3.79. The zero-order valence-electron chi connectivity index (χ0n) is 11.4. The fourth-order valence-corrected chi connectivity index (χ4v) is 3.08. The van der Waals surface area contributed by atoms with Gasteiger partial charge in [0, 0.05) is 11.4 Å². The molecule has 0 bridgehead atoms. The van der Waals surface area contributed by atoms with E-state index in [0.717, 1.165) is 10.4 Å². The van der Waals surface area contributed by atoms with Crippen molar-refractivity contribution < 1.29 is 9.18 Å². The van der Waals surface area contributed by atoms with Gasteiger partial charge in [0.15, 0.2) is 0 Å². The summed E-state index contributed by atoms with van der Waals surface area (Å²) in [6, 6.07) is 9.22. The van der Waals surface area contributed by atoms with Crippen molar-refractivity contribution >= 4 is 28.7 Å². The first-order valence-electron chi connectivity index (χ1n) is 6.77. The molecule has 0 radical (unpaired) electrons. The lowest BCUT2D eigenvalue weighted by molar-refractivity contribution is 0.218. The summed E-state index contributed by atoms with van der Waals surface area (Å²) in [7, 11) is 0. The molecule has 6 heteroatoms. The van der Waals surface area contributed by atoms with Gasteiger partial charge >= 0.3 is 6.03 Å². The van der Waals surface area contributed by atoms with Gasteiger partial charge in [-0.25, -0.2) is 9.18 Å². The molecule has 1 fully saturated rings. The number of nitrogens with zero attached hydrogens (tertiary/aromatic N) is 1. The minimum absolute atomic E-state index is 0.149. The first-order valence-corrected chi connectivity index (χ1v) is 7.65. The normalized spacial score (nSPS) is 18.0. The topological polar surface area (TPSA) is 58.4 Å². The third-order valence-electron chi connectivity index (χ3n) is 3.52. The van der Waals surface area contributed by atoms with Crippen LogP contribution in [0.4, 0.5) is 20.6 Å². The maximum absolute atomic E-state index is 13.2. The molecule has 1 aromatic carbocycles. The van der Waals surface area contributed by atoms with Crippen molar-refractivity contribution in [3.05, 3.63) is 35.7 Å². The highest BCUT2D eigenvalue weighted by atomic mass is 32.1. The number of anilines is 2. The van der Waals surface area contributed by atoms with Gasteiger partial charge in [-0.3, -0.25) is 0 Å². The van der Waals surface area contributed by atoms with Gasteiger partial charge in [0.25, 0.3) is 0 Å². The Morgan fingerprint density at radius 2 is 2.29 bits per heavy atom. The predicted molar refractivity (Wildman–Crippen MR) is 84.3 cm³/mol. The molecule has 1 aliphatic heterocycles. The summed E-state index contributed by atoms with van der Waals surface area (Å²) in [6.45, 7) is 0.591. The molecule has 110 valence electrons. The van der Waals surface area contributed by atoms with E-state index in [9.17, 15) is 9.18 Å². The van der Waals surface area contributed by atoms with Crippen LogP contribution in [-0.4, -0.2) is 30.2 Å². The maximum atomic E-state index is 13.2. The van der Waals surface area contributed by atoms with Gasteiger partial charge in [-0.2, -0.15) is 0 Å². The van der Waals surface area contributed by atoms with E-state index in [0.29, 0.717) is 24.3 Å². The highest BCUT2D eigenvalue weighted by Crippen LogP contribution is 2.30. The number of carbonyl (C=O) groups is 1. The fourth-order valence-electron chi connectivity index (χ4n) is 2.36. The van der Waals surface area contributed by atoms with Gasteiger partial charge in [-0.05, 0) is 35.6 Å². The predicted octanol–water partition coefficient (Wildman–Crippen LogP) is 3.57. The number of urea groups is 1. The molecule has 1 aliphatic rings. The second kappa shape index (κ2) is 5.73. The highest BCUT2D eigenvalue weighted by Gasteiger charge is 2.26. The smallest absolute Gasteiger partial charge is 0.322 e. The molecule has 1 aromatic heterocycles. The molecule has 1 atom stereocenters. The van der Waals surface area contributed by atoms with Gasteiger partial charge in [-0.15, -0.1) is 11.3 Å². The molecule has 2 amide bonds. The molecule has 3 rings (SSSR count). The van der Waals surface area contributed by atoms with E-state index < -0.39 is 6.17 Å². The van der Waals surface area contributed by atoms with Crippen molar-refractivity contribution in [1.29, 1.82) is 0 Å². The summed E-state index contributed by atoms with van der Waals surface area (Å²) in [6.07, 6.45) is -0.524. The summed E-state index contributed by atoms with van der Waals surface area (Å²) < 4.78 is 13.2. The number of alkyl halides is 1. The van der Waals surface area contributed by atoms with Crippen molar-refractivity contribution in [2.24, 2.45) is 0 Å². The number of halogens is 1. The van der Waals surface area contributed by atoms with Crippen LogP contribution in [-0.2, 0) is 0 Å². The fraction of sp³-hybridized carbons (Fsp3) is 0.267. The Balaban J connectivity index is 1.78. The number of hydrogen-bond donors (Lipinski definition) is 2. The van der Waals surface area contributed by atoms with E-state index in [1.165, 1.54) is 4.90 Å². The highest BCUT2D eigenvalue weighted by molar-refractivity contribution is 7.13. The van der Waals surface area contributed by atoms with Crippen molar-refractivity contribution in [3.63, 3.8) is 0 Å². The molecule has 0 aliphatic carbocycles. The zero-order chi connectivity index (χ0) is 14.8. The quantitative estimate of drug-likeness (QED) is 0.833. The summed E-state index contributed by atoms with van der Waals surface area (Å²) in [5.41, 5.74) is 7.98. The second-order valence-corrected chi connectivity index (χ2v) is 5.99. The lowest BCUT2D eigenvalue weighted by Gasteiger charge is -2.17. The van der Waals surface area contributed by atoms with E-state index in [2.05, 4.69) is 5.32 Å². The van der Waals surface area contributed by atoms with Crippen LogP contribution in [0.15, 0.2) is 35.7 Å². The Labute approximate surface area is 126 Å². The summed E-state index contributed by atoms with van der Waals surface area (Å²) in [5, 5.41) is 4.77. The number of likely N-dealkylation sites (tertiary alicyclic amines) is 1. The molecule has 3 N–H and O–H groups in total. The van der Waals surface area contributed by atoms with Crippen molar-refractivity contribution in [2.45, 2.75) is 12.6 Å². The third kappa shape index (κ3) is 3.00.